The minimum absolute atomic E-state index is 0.249. The highest BCUT2D eigenvalue weighted by molar-refractivity contribution is 7.11. The van der Waals surface area contributed by atoms with Gasteiger partial charge in [-0.3, -0.25) is 14.7 Å². The van der Waals surface area contributed by atoms with Gasteiger partial charge in [0.2, 0.25) is 6.41 Å². The monoisotopic (exact) mass is 477 g/mol. The van der Waals surface area contributed by atoms with Crippen molar-refractivity contribution in [3.05, 3.63) is 62.7 Å². The van der Waals surface area contributed by atoms with Gasteiger partial charge in [0.05, 0.1) is 12.2 Å². The molecule has 2 aromatic rings. The number of amides is 1. The second-order valence-corrected chi connectivity index (χ2v) is 9.00. The molecule has 3 heterocycles. The van der Waals surface area contributed by atoms with Crippen LogP contribution >= 0.6 is 11.3 Å². The fourth-order valence-electron chi connectivity index (χ4n) is 4.13. The SMILES string of the molecule is C#Cc1cc(C)ccc1C1N=C(c2nccs2)NC(CN2CCN(C=O)CC2)=C1C(=O)OCC. The number of hydrogen-bond acceptors (Lipinski definition) is 8. The van der Waals surface area contributed by atoms with Crippen LogP contribution in [-0.2, 0) is 14.3 Å². The van der Waals surface area contributed by atoms with E-state index < -0.39 is 12.0 Å². The molecule has 1 fully saturated rings. The van der Waals surface area contributed by atoms with Crippen LogP contribution in [-0.4, -0.2) is 72.3 Å². The highest BCUT2D eigenvalue weighted by Gasteiger charge is 2.34. The molecule has 0 radical (unpaired) electrons. The number of nitrogens with one attached hydrogen (secondary N) is 1. The molecule has 9 heteroatoms. The predicted molar refractivity (Wildman–Crippen MR) is 131 cm³/mol. The lowest BCUT2D eigenvalue weighted by Crippen LogP contribution is -2.48. The van der Waals surface area contributed by atoms with Crippen molar-refractivity contribution in [2.75, 3.05) is 39.3 Å². The van der Waals surface area contributed by atoms with Gasteiger partial charge in [0.1, 0.15) is 6.04 Å². The summed E-state index contributed by atoms with van der Waals surface area (Å²) in [6.07, 6.45) is 8.45. The van der Waals surface area contributed by atoms with Crippen molar-refractivity contribution in [3.8, 4) is 12.3 Å². The third kappa shape index (κ3) is 5.03. The van der Waals surface area contributed by atoms with Crippen LogP contribution in [0.25, 0.3) is 0 Å². The van der Waals surface area contributed by atoms with Gasteiger partial charge in [-0.2, -0.15) is 0 Å². The fourth-order valence-corrected chi connectivity index (χ4v) is 4.72. The van der Waals surface area contributed by atoms with Crippen LogP contribution in [0.4, 0.5) is 0 Å². The van der Waals surface area contributed by atoms with Crippen molar-refractivity contribution in [3.63, 3.8) is 0 Å². The predicted octanol–water partition coefficient (Wildman–Crippen LogP) is 2.12. The first-order valence-corrected chi connectivity index (χ1v) is 12.1. The van der Waals surface area contributed by atoms with Crippen molar-refractivity contribution in [2.24, 2.45) is 4.99 Å². The Kier molecular flexibility index (Phi) is 7.40. The summed E-state index contributed by atoms with van der Waals surface area (Å²) in [5, 5.41) is 5.98. The van der Waals surface area contributed by atoms with Crippen LogP contribution in [0, 0.1) is 19.3 Å². The number of aryl methyl sites for hydroxylation is 1. The minimum atomic E-state index is -0.628. The molecule has 1 unspecified atom stereocenters. The summed E-state index contributed by atoms with van der Waals surface area (Å²) in [5.41, 5.74) is 3.65. The van der Waals surface area contributed by atoms with Crippen LogP contribution in [0.1, 0.15) is 34.7 Å². The first kappa shape index (κ1) is 23.7. The normalized spacial score (nSPS) is 18.7. The van der Waals surface area contributed by atoms with Gasteiger partial charge in [0.25, 0.3) is 0 Å². The van der Waals surface area contributed by atoms with E-state index in [-0.39, 0.29) is 6.61 Å². The molecular formula is C25H27N5O3S. The second-order valence-electron chi connectivity index (χ2n) is 8.11. The third-order valence-electron chi connectivity index (χ3n) is 5.85. The lowest BCUT2D eigenvalue weighted by Gasteiger charge is -2.35. The zero-order valence-corrected chi connectivity index (χ0v) is 20.1. The Hall–Kier alpha value is -3.48. The van der Waals surface area contributed by atoms with Crippen molar-refractivity contribution in [1.82, 2.24) is 20.1 Å². The van der Waals surface area contributed by atoms with Crippen LogP contribution < -0.4 is 5.32 Å². The number of aliphatic imine (C=N–C) groups is 1. The Morgan fingerprint density at radius 3 is 2.79 bits per heavy atom. The summed E-state index contributed by atoms with van der Waals surface area (Å²) in [6.45, 7) is 7.18. The van der Waals surface area contributed by atoms with Gasteiger partial charge in [0, 0.05) is 55.6 Å². The molecule has 1 N–H and O–H groups in total. The number of amidine groups is 1. The standard InChI is InChI=1S/C25H27N5O3S/c1-4-18-14-17(3)6-7-19(18)22-21(25(32)33-5-2)20(15-29-9-11-30(16-31)12-10-29)27-23(28-22)24-26-8-13-34-24/h1,6-8,13-14,16,22H,5,9-12,15H2,2-3H3,(H,27,28). The van der Waals surface area contributed by atoms with Crippen LogP contribution in [0.3, 0.4) is 0 Å². The molecule has 0 bridgehead atoms. The quantitative estimate of drug-likeness (QED) is 0.374. The smallest absolute Gasteiger partial charge is 0.338 e. The molecule has 2 aliphatic heterocycles. The fraction of sp³-hybridized carbons (Fsp3) is 0.360. The average molecular weight is 478 g/mol. The average Bonchev–Trinajstić information content (AvgIpc) is 3.39. The Balaban J connectivity index is 1.80. The molecule has 1 saturated heterocycles. The maximum atomic E-state index is 13.3. The van der Waals surface area contributed by atoms with E-state index in [0.29, 0.717) is 55.4 Å². The van der Waals surface area contributed by atoms with E-state index in [2.05, 4.69) is 21.1 Å². The molecule has 0 aliphatic carbocycles. The molecule has 1 atom stereocenters. The highest BCUT2D eigenvalue weighted by atomic mass is 32.1. The number of terminal acetylenes is 1. The lowest BCUT2D eigenvalue weighted by molar-refractivity contribution is -0.139. The van der Waals surface area contributed by atoms with E-state index in [4.69, 9.17) is 16.2 Å². The van der Waals surface area contributed by atoms with Crippen molar-refractivity contribution in [2.45, 2.75) is 19.9 Å². The number of thiazole rings is 1. The van der Waals surface area contributed by atoms with E-state index in [1.165, 1.54) is 11.3 Å². The Morgan fingerprint density at radius 1 is 1.35 bits per heavy atom. The van der Waals surface area contributed by atoms with E-state index >= 15 is 0 Å². The van der Waals surface area contributed by atoms with Crippen molar-refractivity contribution < 1.29 is 14.3 Å². The molecule has 176 valence electrons. The molecule has 1 amide bonds. The van der Waals surface area contributed by atoms with Gasteiger partial charge in [-0.1, -0.05) is 18.1 Å². The summed E-state index contributed by atoms with van der Waals surface area (Å²) in [4.78, 5) is 37.7. The van der Waals surface area contributed by atoms with Crippen LogP contribution in [0.15, 0.2) is 46.0 Å². The first-order valence-electron chi connectivity index (χ1n) is 11.2. The Bertz CT molecular complexity index is 1160. The van der Waals surface area contributed by atoms with Crippen molar-refractivity contribution in [1.29, 1.82) is 0 Å². The number of aromatic nitrogens is 1. The Morgan fingerprint density at radius 2 is 2.15 bits per heavy atom. The summed E-state index contributed by atoms with van der Waals surface area (Å²) >= 11 is 1.47. The van der Waals surface area contributed by atoms with E-state index in [9.17, 15) is 9.59 Å². The van der Waals surface area contributed by atoms with Gasteiger partial charge in [-0.25, -0.2) is 9.78 Å². The molecule has 8 nitrogen and oxygen atoms in total. The first-order chi connectivity index (χ1) is 16.5. The number of ether oxygens (including phenoxy) is 1. The van der Waals surface area contributed by atoms with E-state index in [1.54, 1.807) is 18.0 Å². The molecule has 4 rings (SSSR count). The number of nitrogens with zero attached hydrogens (tertiary/aromatic N) is 4. The lowest BCUT2D eigenvalue weighted by atomic mass is 9.91. The second kappa shape index (κ2) is 10.6. The molecule has 0 spiro atoms. The summed E-state index contributed by atoms with van der Waals surface area (Å²) in [6, 6.07) is 5.20. The molecule has 34 heavy (non-hydrogen) atoms. The molecule has 0 saturated carbocycles. The number of esters is 1. The summed E-state index contributed by atoms with van der Waals surface area (Å²) in [5.74, 6) is 2.93. The number of carbonyl (C=O) groups is 2. The third-order valence-corrected chi connectivity index (χ3v) is 6.63. The zero-order valence-electron chi connectivity index (χ0n) is 19.3. The highest BCUT2D eigenvalue weighted by Crippen LogP contribution is 2.35. The van der Waals surface area contributed by atoms with Gasteiger partial charge in [-0.05, 0) is 31.0 Å². The molecule has 1 aromatic heterocycles. The van der Waals surface area contributed by atoms with Crippen LogP contribution in [0.2, 0.25) is 0 Å². The van der Waals surface area contributed by atoms with Crippen molar-refractivity contribution >= 4 is 29.6 Å². The molecule has 2 aliphatic rings. The molecule has 1 aromatic carbocycles. The van der Waals surface area contributed by atoms with E-state index in [1.807, 2.05) is 30.5 Å². The topological polar surface area (TPSA) is 87.1 Å². The number of benzene rings is 1. The van der Waals surface area contributed by atoms with E-state index in [0.717, 1.165) is 22.5 Å². The number of carbonyl (C=O) groups excluding carboxylic acids is 2. The largest absolute Gasteiger partial charge is 0.463 e. The maximum absolute atomic E-state index is 13.3. The maximum Gasteiger partial charge on any atom is 0.338 e. The number of piperazine rings is 1. The zero-order chi connectivity index (χ0) is 24.1. The van der Waals surface area contributed by atoms with Gasteiger partial charge >= 0.3 is 5.97 Å². The summed E-state index contributed by atoms with van der Waals surface area (Å²) < 4.78 is 5.47. The minimum Gasteiger partial charge on any atom is -0.463 e. The van der Waals surface area contributed by atoms with Gasteiger partial charge < -0.3 is 15.0 Å². The summed E-state index contributed by atoms with van der Waals surface area (Å²) in [7, 11) is 0. The number of hydrogen-bond donors (Lipinski definition) is 1. The van der Waals surface area contributed by atoms with Gasteiger partial charge in [-0.15, -0.1) is 17.8 Å². The van der Waals surface area contributed by atoms with Crippen LogP contribution in [0.5, 0.6) is 0 Å². The van der Waals surface area contributed by atoms with Gasteiger partial charge in [0.15, 0.2) is 10.8 Å². The Labute approximate surface area is 203 Å². The molecular weight excluding hydrogens is 450 g/mol. The number of rotatable bonds is 7.